The van der Waals surface area contributed by atoms with E-state index in [4.69, 9.17) is 0 Å². The molecule has 1 aromatic heterocycles. The van der Waals surface area contributed by atoms with E-state index in [1.165, 1.54) is 18.2 Å². The predicted molar refractivity (Wildman–Crippen MR) is 120 cm³/mol. The van der Waals surface area contributed by atoms with Crippen LogP contribution >= 0.6 is 11.8 Å². The zero-order valence-electron chi connectivity index (χ0n) is 18.0. The van der Waals surface area contributed by atoms with Crippen molar-refractivity contribution >= 4 is 27.7 Å². The van der Waals surface area contributed by atoms with Crippen molar-refractivity contribution in [3.05, 3.63) is 24.3 Å². The Balaban J connectivity index is 1.43. The van der Waals surface area contributed by atoms with Crippen LogP contribution in [0.25, 0.3) is 11.4 Å². The topological polar surface area (TPSA) is 88.4 Å². The summed E-state index contributed by atoms with van der Waals surface area (Å²) in [4.78, 5) is 14.9. The van der Waals surface area contributed by atoms with Gasteiger partial charge in [-0.1, -0.05) is 11.8 Å². The van der Waals surface area contributed by atoms with Gasteiger partial charge in [-0.2, -0.15) is 4.31 Å². The number of amides is 1. The molecule has 0 unspecified atom stereocenters. The van der Waals surface area contributed by atoms with Crippen LogP contribution in [0.5, 0.6) is 0 Å². The smallest absolute Gasteiger partial charge is 0.243 e. The third-order valence-corrected chi connectivity index (χ3v) is 9.02. The highest BCUT2D eigenvalue weighted by molar-refractivity contribution is 7.99. The number of thioether (sulfide) groups is 1. The lowest BCUT2D eigenvalue weighted by molar-refractivity contribution is -0.131. The quantitative estimate of drug-likeness (QED) is 0.612. The summed E-state index contributed by atoms with van der Waals surface area (Å²) in [6, 6.07) is 7.09. The molecule has 168 valence electrons. The first kappa shape index (κ1) is 22.3. The molecule has 0 saturated carbocycles. The van der Waals surface area contributed by atoms with E-state index in [0.29, 0.717) is 40.8 Å². The minimum Gasteiger partial charge on any atom is -0.339 e. The van der Waals surface area contributed by atoms with Gasteiger partial charge in [0.25, 0.3) is 0 Å². The molecule has 0 spiro atoms. The standard InChI is InChI=1S/C21H29N5O3S2/c1-16-7-3-4-14-26(16)19(27)15-30-21-23-22-20(24(21)2)17-8-10-18(11-9-17)31(28,29)25-12-5-6-13-25/h8-11,16H,3-7,12-15H2,1-2H3/t16-/m1/s1. The highest BCUT2D eigenvalue weighted by atomic mass is 32.2. The fourth-order valence-corrected chi connectivity index (χ4v) is 6.54. The molecule has 1 aromatic carbocycles. The average molecular weight is 464 g/mol. The Kier molecular flexibility index (Phi) is 6.68. The molecule has 0 aliphatic carbocycles. The van der Waals surface area contributed by atoms with Crippen molar-refractivity contribution in [2.45, 2.75) is 55.1 Å². The van der Waals surface area contributed by atoms with E-state index < -0.39 is 10.0 Å². The van der Waals surface area contributed by atoms with Crippen LogP contribution in [-0.2, 0) is 21.9 Å². The van der Waals surface area contributed by atoms with Gasteiger partial charge in [0.1, 0.15) is 0 Å². The molecule has 31 heavy (non-hydrogen) atoms. The molecule has 0 N–H and O–H groups in total. The Morgan fingerprint density at radius 3 is 2.42 bits per heavy atom. The van der Waals surface area contributed by atoms with Gasteiger partial charge in [-0.05, 0) is 63.3 Å². The van der Waals surface area contributed by atoms with E-state index in [1.807, 2.05) is 16.5 Å². The Labute approximate surface area is 188 Å². The minimum absolute atomic E-state index is 0.137. The molecular weight excluding hydrogens is 434 g/mol. The van der Waals surface area contributed by atoms with Crippen molar-refractivity contribution in [1.82, 2.24) is 24.0 Å². The lowest BCUT2D eigenvalue weighted by Crippen LogP contribution is -2.42. The molecule has 0 bridgehead atoms. The van der Waals surface area contributed by atoms with Gasteiger partial charge in [0.15, 0.2) is 11.0 Å². The zero-order chi connectivity index (χ0) is 22.0. The van der Waals surface area contributed by atoms with Gasteiger partial charge in [0.05, 0.1) is 10.6 Å². The van der Waals surface area contributed by atoms with E-state index in [2.05, 4.69) is 17.1 Å². The Morgan fingerprint density at radius 1 is 1.06 bits per heavy atom. The number of hydrogen-bond donors (Lipinski definition) is 0. The minimum atomic E-state index is -3.43. The summed E-state index contributed by atoms with van der Waals surface area (Å²) in [5.74, 6) is 1.12. The van der Waals surface area contributed by atoms with Crippen molar-refractivity contribution in [3.63, 3.8) is 0 Å². The van der Waals surface area contributed by atoms with Gasteiger partial charge in [-0.25, -0.2) is 8.42 Å². The zero-order valence-corrected chi connectivity index (χ0v) is 19.7. The number of hydrogen-bond acceptors (Lipinski definition) is 6. The van der Waals surface area contributed by atoms with E-state index in [-0.39, 0.29) is 5.91 Å². The summed E-state index contributed by atoms with van der Waals surface area (Å²) in [7, 11) is -1.57. The molecule has 2 aliphatic heterocycles. The summed E-state index contributed by atoms with van der Waals surface area (Å²) in [5, 5.41) is 9.18. The van der Waals surface area contributed by atoms with Crippen LogP contribution in [-0.4, -0.2) is 69.7 Å². The maximum Gasteiger partial charge on any atom is 0.243 e. The number of likely N-dealkylation sites (tertiary alicyclic amines) is 1. The molecule has 3 heterocycles. The molecule has 4 rings (SSSR count). The monoisotopic (exact) mass is 463 g/mol. The SMILES string of the molecule is C[C@@H]1CCCCN1C(=O)CSc1nnc(-c2ccc(S(=O)(=O)N3CCCC3)cc2)n1C. The first-order chi connectivity index (χ1) is 14.9. The van der Waals surface area contributed by atoms with Gasteiger partial charge in [-0.15, -0.1) is 10.2 Å². The van der Waals surface area contributed by atoms with Crippen LogP contribution in [0.15, 0.2) is 34.3 Å². The fraction of sp³-hybridized carbons (Fsp3) is 0.571. The molecule has 0 radical (unpaired) electrons. The lowest BCUT2D eigenvalue weighted by atomic mass is 10.0. The predicted octanol–water partition coefficient (Wildman–Crippen LogP) is 2.76. The third-order valence-electron chi connectivity index (χ3n) is 6.10. The van der Waals surface area contributed by atoms with Crippen LogP contribution in [0, 0.1) is 0 Å². The lowest BCUT2D eigenvalue weighted by Gasteiger charge is -2.33. The Morgan fingerprint density at radius 2 is 1.74 bits per heavy atom. The summed E-state index contributed by atoms with van der Waals surface area (Å²) >= 11 is 1.39. The summed E-state index contributed by atoms with van der Waals surface area (Å²) in [5.41, 5.74) is 0.790. The Bertz CT molecular complexity index is 1030. The number of aromatic nitrogens is 3. The molecule has 1 atom stereocenters. The van der Waals surface area contributed by atoms with Crippen molar-refractivity contribution in [2.24, 2.45) is 7.05 Å². The first-order valence-electron chi connectivity index (χ1n) is 10.8. The van der Waals surface area contributed by atoms with E-state index in [9.17, 15) is 13.2 Å². The van der Waals surface area contributed by atoms with Gasteiger partial charge in [0, 0.05) is 38.3 Å². The number of rotatable bonds is 6. The van der Waals surface area contributed by atoms with Gasteiger partial charge < -0.3 is 9.47 Å². The number of piperidine rings is 1. The summed E-state index contributed by atoms with van der Waals surface area (Å²) < 4.78 is 28.8. The third kappa shape index (κ3) is 4.65. The second-order valence-corrected chi connectivity index (χ2v) is 11.1. The van der Waals surface area contributed by atoms with Crippen LogP contribution in [0.3, 0.4) is 0 Å². The van der Waals surface area contributed by atoms with Crippen LogP contribution in [0.2, 0.25) is 0 Å². The number of carbonyl (C=O) groups excluding carboxylic acids is 1. The molecule has 2 saturated heterocycles. The van der Waals surface area contributed by atoms with Gasteiger partial charge in [-0.3, -0.25) is 4.79 Å². The van der Waals surface area contributed by atoms with Gasteiger partial charge in [0.2, 0.25) is 15.9 Å². The van der Waals surface area contributed by atoms with Gasteiger partial charge >= 0.3 is 0 Å². The second-order valence-electron chi connectivity index (χ2n) is 8.22. The highest BCUT2D eigenvalue weighted by Gasteiger charge is 2.27. The van der Waals surface area contributed by atoms with Crippen LogP contribution in [0.1, 0.15) is 39.0 Å². The maximum atomic E-state index is 12.7. The molecular formula is C21H29N5O3S2. The van der Waals surface area contributed by atoms with Crippen LogP contribution in [0.4, 0.5) is 0 Å². The largest absolute Gasteiger partial charge is 0.339 e. The fourth-order valence-electron chi connectivity index (χ4n) is 4.22. The van der Waals surface area contributed by atoms with Crippen molar-refractivity contribution in [3.8, 4) is 11.4 Å². The van der Waals surface area contributed by atoms with E-state index in [1.54, 1.807) is 28.6 Å². The second kappa shape index (κ2) is 9.30. The number of sulfonamides is 1. The Hall–Kier alpha value is -1.91. The molecule has 2 aliphatic rings. The normalized spacial score (nSPS) is 20.3. The van der Waals surface area contributed by atoms with E-state index in [0.717, 1.165) is 37.8 Å². The summed E-state index contributed by atoms with van der Waals surface area (Å²) in [6.07, 6.45) is 5.14. The molecule has 2 fully saturated rings. The average Bonchev–Trinajstić information content (AvgIpc) is 3.43. The van der Waals surface area contributed by atoms with E-state index >= 15 is 0 Å². The van der Waals surface area contributed by atoms with Crippen molar-refractivity contribution in [2.75, 3.05) is 25.4 Å². The van der Waals surface area contributed by atoms with Crippen molar-refractivity contribution in [1.29, 1.82) is 0 Å². The number of benzene rings is 1. The molecule has 8 nitrogen and oxygen atoms in total. The molecule has 10 heteroatoms. The maximum absolute atomic E-state index is 12.7. The summed E-state index contributed by atoms with van der Waals surface area (Å²) in [6.45, 7) is 4.11. The number of carbonyl (C=O) groups is 1. The van der Waals surface area contributed by atoms with Crippen LogP contribution < -0.4 is 0 Å². The highest BCUT2D eigenvalue weighted by Crippen LogP contribution is 2.27. The first-order valence-corrected chi connectivity index (χ1v) is 13.2. The molecule has 1 amide bonds. The number of nitrogens with zero attached hydrogens (tertiary/aromatic N) is 5. The molecule has 2 aromatic rings. The van der Waals surface area contributed by atoms with Crippen molar-refractivity contribution < 1.29 is 13.2 Å².